The summed E-state index contributed by atoms with van der Waals surface area (Å²) in [6, 6.07) is 15.1. The Balaban J connectivity index is 1.42. The molecule has 7 heteroatoms. The summed E-state index contributed by atoms with van der Waals surface area (Å²) in [7, 11) is 0. The lowest BCUT2D eigenvalue weighted by atomic mass is 9.76. The number of benzene rings is 2. The quantitative estimate of drug-likeness (QED) is 0.696. The Morgan fingerprint density at radius 3 is 2.76 bits per heavy atom. The highest BCUT2D eigenvalue weighted by molar-refractivity contribution is 6.07. The number of carbonyl (C=O) groups excluding carboxylic acids is 2. The average Bonchev–Trinajstić information content (AvgIpc) is 3.29. The van der Waals surface area contributed by atoms with Crippen LogP contribution in [0.25, 0.3) is 11.4 Å². The van der Waals surface area contributed by atoms with Crippen molar-refractivity contribution in [1.29, 1.82) is 0 Å². The first-order valence-electron chi connectivity index (χ1n) is 9.69. The van der Waals surface area contributed by atoms with Crippen LogP contribution in [0.3, 0.4) is 0 Å². The van der Waals surface area contributed by atoms with E-state index in [4.69, 9.17) is 4.52 Å². The molecule has 0 radical (unpaired) electrons. The van der Waals surface area contributed by atoms with Crippen LogP contribution in [0, 0.1) is 6.92 Å². The molecular weight excluding hydrogens is 368 g/mol. The fourth-order valence-electron chi connectivity index (χ4n) is 4.23. The number of hydrogen-bond acceptors (Lipinski definition) is 5. The van der Waals surface area contributed by atoms with Crippen molar-refractivity contribution >= 4 is 11.9 Å². The van der Waals surface area contributed by atoms with Crippen molar-refractivity contribution in [3.8, 4) is 11.4 Å². The smallest absolute Gasteiger partial charge is 0.325 e. The van der Waals surface area contributed by atoms with E-state index in [2.05, 4.69) is 15.5 Å². The van der Waals surface area contributed by atoms with Crippen molar-refractivity contribution in [2.24, 2.45) is 0 Å². The zero-order chi connectivity index (χ0) is 20.0. The normalized spacial score (nSPS) is 20.8. The summed E-state index contributed by atoms with van der Waals surface area (Å²) in [5, 5.41) is 6.93. The molecule has 1 aromatic heterocycles. The summed E-state index contributed by atoms with van der Waals surface area (Å²) in [5.74, 6) is 0.403. The number of fused-ring (bicyclic) bond motifs is 2. The van der Waals surface area contributed by atoms with Gasteiger partial charge in [-0.1, -0.05) is 59.3 Å². The fourth-order valence-corrected chi connectivity index (χ4v) is 4.23. The predicted octanol–water partition coefficient (Wildman–Crippen LogP) is 3.33. The van der Waals surface area contributed by atoms with Gasteiger partial charge in [-0.05, 0) is 37.3 Å². The van der Waals surface area contributed by atoms with Crippen LogP contribution in [0.5, 0.6) is 0 Å². The Bertz CT molecular complexity index is 1110. The highest BCUT2D eigenvalue weighted by Gasteiger charge is 2.54. The van der Waals surface area contributed by atoms with Gasteiger partial charge in [0.15, 0.2) is 0 Å². The van der Waals surface area contributed by atoms with E-state index in [1.54, 1.807) is 0 Å². The maximum atomic E-state index is 13.3. The van der Waals surface area contributed by atoms with Crippen LogP contribution in [0.15, 0.2) is 53.1 Å². The summed E-state index contributed by atoms with van der Waals surface area (Å²) in [5.41, 5.74) is 2.95. The lowest BCUT2D eigenvalue weighted by Crippen LogP contribution is -2.46. The molecule has 2 aliphatic rings. The van der Waals surface area contributed by atoms with Gasteiger partial charge in [-0.25, -0.2) is 4.79 Å². The van der Waals surface area contributed by atoms with Crippen LogP contribution in [0.1, 0.15) is 35.4 Å². The first-order valence-corrected chi connectivity index (χ1v) is 9.69. The molecule has 1 aliphatic carbocycles. The van der Waals surface area contributed by atoms with Crippen LogP contribution >= 0.6 is 0 Å². The number of rotatable bonds is 3. The van der Waals surface area contributed by atoms with Gasteiger partial charge in [0, 0.05) is 5.56 Å². The van der Waals surface area contributed by atoms with Gasteiger partial charge >= 0.3 is 6.03 Å². The fraction of sp³-hybridized carbons (Fsp3) is 0.273. The van der Waals surface area contributed by atoms with Crippen LogP contribution in [-0.4, -0.2) is 27.0 Å². The lowest BCUT2D eigenvalue weighted by Gasteiger charge is -2.33. The van der Waals surface area contributed by atoms with Crippen LogP contribution < -0.4 is 5.32 Å². The molecule has 146 valence electrons. The third-order valence-electron chi connectivity index (χ3n) is 5.72. The van der Waals surface area contributed by atoms with Crippen molar-refractivity contribution in [2.75, 3.05) is 0 Å². The Hall–Kier alpha value is -3.48. The minimum Gasteiger partial charge on any atom is -0.337 e. The Labute approximate surface area is 167 Å². The van der Waals surface area contributed by atoms with Crippen molar-refractivity contribution in [3.05, 3.63) is 71.1 Å². The second-order valence-electron chi connectivity index (χ2n) is 7.62. The van der Waals surface area contributed by atoms with Crippen LogP contribution in [-0.2, 0) is 23.3 Å². The third kappa shape index (κ3) is 2.81. The zero-order valence-corrected chi connectivity index (χ0v) is 16.0. The number of nitrogens with one attached hydrogen (secondary N) is 1. The molecule has 29 heavy (non-hydrogen) atoms. The largest absolute Gasteiger partial charge is 0.337 e. The number of carbonyl (C=O) groups is 2. The van der Waals surface area contributed by atoms with Crippen molar-refractivity contribution < 1.29 is 14.1 Å². The lowest BCUT2D eigenvalue weighted by molar-refractivity contribution is -0.132. The Morgan fingerprint density at radius 2 is 1.93 bits per heavy atom. The average molecular weight is 388 g/mol. The van der Waals surface area contributed by atoms with Gasteiger partial charge in [-0.3, -0.25) is 9.69 Å². The number of urea groups is 1. The van der Waals surface area contributed by atoms with Gasteiger partial charge in [-0.2, -0.15) is 4.98 Å². The molecule has 2 heterocycles. The first-order chi connectivity index (χ1) is 14.1. The standard InChI is InChI=1S/C22H20N4O3/c1-14-8-10-16(11-9-14)19-23-18(29-25-19)13-26-20(27)22(24-21(26)28)12-4-6-15-5-2-3-7-17(15)22/h2-3,5,7-11H,4,6,12-13H2,1H3,(H,24,28). The van der Waals surface area contributed by atoms with Gasteiger partial charge in [0.25, 0.3) is 5.91 Å². The molecule has 5 rings (SSSR count). The van der Waals surface area contributed by atoms with E-state index in [9.17, 15) is 9.59 Å². The number of imide groups is 1. The molecule has 2 aromatic carbocycles. The van der Waals surface area contributed by atoms with Crippen LogP contribution in [0.2, 0.25) is 0 Å². The van der Waals surface area contributed by atoms with Crippen molar-refractivity contribution in [3.63, 3.8) is 0 Å². The minimum atomic E-state index is -0.994. The predicted molar refractivity (Wildman–Crippen MR) is 105 cm³/mol. The summed E-state index contributed by atoms with van der Waals surface area (Å²) in [6.07, 6.45) is 2.34. The van der Waals surface area contributed by atoms with Gasteiger partial charge in [0.2, 0.25) is 11.7 Å². The van der Waals surface area contributed by atoms with E-state index in [1.807, 2.05) is 55.5 Å². The highest BCUT2D eigenvalue weighted by Crippen LogP contribution is 2.40. The van der Waals surface area contributed by atoms with E-state index in [-0.39, 0.29) is 18.3 Å². The second kappa shape index (κ2) is 6.55. The highest BCUT2D eigenvalue weighted by atomic mass is 16.5. The Kier molecular flexibility index (Phi) is 3.97. The molecule has 1 atom stereocenters. The monoisotopic (exact) mass is 388 g/mol. The summed E-state index contributed by atoms with van der Waals surface area (Å²) in [6.45, 7) is 1.95. The number of aryl methyl sites for hydroxylation is 2. The van der Waals surface area contributed by atoms with E-state index < -0.39 is 11.6 Å². The van der Waals surface area contributed by atoms with Gasteiger partial charge in [0.1, 0.15) is 12.1 Å². The molecular formula is C22H20N4O3. The topological polar surface area (TPSA) is 88.3 Å². The van der Waals surface area contributed by atoms with Gasteiger partial charge < -0.3 is 9.84 Å². The molecule has 1 fully saturated rings. The summed E-state index contributed by atoms with van der Waals surface area (Å²) < 4.78 is 5.32. The molecule has 1 unspecified atom stereocenters. The van der Waals surface area contributed by atoms with Gasteiger partial charge in [-0.15, -0.1) is 0 Å². The Morgan fingerprint density at radius 1 is 1.14 bits per heavy atom. The molecule has 1 aliphatic heterocycles. The molecule has 3 aromatic rings. The number of aromatic nitrogens is 2. The van der Waals surface area contributed by atoms with E-state index in [1.165, 1.54) is 4.90 Å². The van der Waals surface area contributed by atoms with Gasteiger partial charge in [0.05, 0.1) is 0 Å². The summed E-state index contributed by atoms with van der Waals surface area (Å²) >= 11 is 0. The van der Waals surface area contributed by atoms with E-state index in [0.29, 0.717) is 12.2 Å². The van der Waals surface area contributed by atoms with E-state index in [0.717, 1.165) is 35.1 Å². The van der Waals surface area contributed by atoms with Crippen molar-refractivity contribution in [2.45, 2.75) is 38.3 Å². The maximum Gasteiger partial charge on any atom is 0.325 e. The zero-order valence-electron chi connectivity index (χ0n) is 16.0. The SMILES string of the molecule is Cc1ccc(-c2noc(CN3C(=O)NC4(CCCc5ccccc54)C3=O)n2)cc1. The van der Waals surface area contributed by atoms with E-state index >= 15 is 0 Å². The molecule has 1 N–H and O–H groups in total. The first kappa shape index (κ1) is 17.6. The minimum absolute atomic E-state index is 0.0482. The van der Waals surface area contributed by atoms with Crippen LogP contribution in [0.4, 0.5) is 4.79 Å². The molecule has 1 saturated heterocycles. The summed E-state index contributed by atoms with van der Waals surface area (Å²) in [4.78, 5) is 31.6. The number of nitrogens with zero attached hydrogens (tertiary/aromatic N) is 3. The second-order valence-corrected chi connectivity index (χ2v) is 7.62. The maximum absolute atomic E-state index is 13.3. The number of hydrogen-bond donors (Lipinski definition) is 1. The molecule has 7 nitrogen and oxygen atoms in total. The third-order valence-corrected chi connectivity index (χ3v) is 5.72. The number of amides is 3. The molecule has 0 saturated carbocycles. The molecule has 0 bridgehead atoms. The van der Waals surface area contributed by atoms with Crippen molar-refractivity contribution in [1.82, 2.24) is 20.4 Å². The molecule has 3 amide bonds. The molecule has 1 spiro atoms.